The Morgan fingerprint density at radius 3 is 2.87 bits per heavy atom. The Hall–Kier alpha value is -0.930. The number of benzene rings is 1. The lowest BCUT2D eigenvalue weighted by Gasteiger charge is -2.08. The highest BCUT2D eigenvalue weighted by molar-refractivity contribution is 6.30. The van der Waals surface area contributed by atoms with Crippen LogP contribution in [0, 0.1) is 6.92 Å². The van der Waals surface area contributed by atoms with Gasteiger partial charge < -0.3 is 4.74 Å². The number of carbonyl (C=O) groups is 1. The van der Waals surface area contributed by atoms with E-state index in [0.717, 1.165) is 5.56 Å². The molecule has 0 saturated carbocycles. The van der Waals surface area contributed by atoms with E-state index in [9.17, 15) is 4.79 Å². The van der Waals surface area contributed by atoms with Gasteiger partial charge in [0.05, 0.1) is 5.88 Å². The predicted molar refractivity (Wildman–Crippen MR) is 61.9 cm³/mol. The molecule has 0 atom stereocenters. The third-order valence-corrected chi connectivity index (χ3v) is 2.12. The predicted octanol–water partition coefficient (Wildman–Crippen LogP) is 3.44. The first-order valence-corrected chi connectivity index (χ1v) is 5.30. The Bertz CT molecular complexity index is 355. The van der Waals surface area contributed by atoms with Crippen molar-refractivity contribution < 1.29 is 9.53 Å². The molecule has 0 saturated heterocycles. The fraction of sp³-hybridized carbons (Fsp3) is 0.300. The zero-order valence-electron chi connectivity index (χ0n) is 8.22. The Morgan fingerprint density at radius 1 is 1.53 bits per heavy atom. The molecule has 1 N–H and O–H groups in total. The highest BCUT2D eigenvalue weighted by Gasteiger charge is 2.05. The molecule has 0 bridgehead atoms. The normalized spacial score (nSPS) is 9.80. The summed E-state index contributed by atoms with van der Waals surface area (Å²) in [6.45, 7) is 2.04. The van der Waals surface area contributed by atoms with E-state index >= 15 is 0 Å². The van der Waals surface area contributed by atoms with Crippen LogP contribution in [-0.4, -0.2) is 18.6 Å². The summed E-state index contributed by atoms with van der Waals surface area (Å²) in [7, 11) is 0. The minimum atomic E-state index is -0.513. The highest BCUT2D eigenvalue weighted by atomic mass is 35.5. The molecule has 15 heavy (non-hydrogen) atoms. The van der Waals surface area contributed by atoms with Crippen LogP contribution in [0.1, 0.15) is 5.56 Å². The monoisotopic (exact) mass is 247 g/mol. The van der Waals surface area contributed by atoms with Gasteiger partial charge in [-0.3, -0.25) is 5.32 Å². The quantitative estimate of drug-likeness (QED) is 0.832. The number of rotatable bonds is 3. The highest BCUT2D eigenvalue weighted by Crippen LogP contribution is 2.19. The maximum atomic E-state index is 11.2. The summed E-state index contributed by atoms with van der Waals surface area (Å²) >= 11 is 11.2. The van der Waals surface area contributed by atoms with Gasteiger partial charge in [0.2, 0.25) is 0 Å². The molecule has 0 aliphatic carbocycles. The van der Waals surface area contributed by atoms with Crippen molar-refractivity contribution >= 4 is 35.0 Å². The van der Waals surface area contributed by atoms with Crippen LogP contribution in [0.2, 0.25) is 5.02 Å². The average Bonchev–Trinajstić information content (AvgIpc) is 2.19. The molecule has 1 amide bonds. The molecule has 0 heterocycles. The zero-order valence-corrected chi connectivity index (χ0v) is 9.73. The standard InChI is InChI=1S/C10H11Cl2NO2/c1-7-6-8(12)2-3-9(7)13-10(14)15-5-4-11/h2-3,6H,4-5H2,1H3,(H,13,14). The van der Waals surface area contributed by atoms with Crippen LogP contribution < -0.4 is 5.32 Å². The van der Waals surface area contributed by atoms with Crippen LogP contribution in [0.15, 0.2) is 18.2 Å². The molecule has 3 nitrogen and oxygen atoms in total. The van der Waals surface area contributed by atoms with Gasteiger partial charge in [0.25, 0.3) is 0 Å². The van der Waals surface area contributed by atoms with E-state index in [-0.39, 0.29) is 12.5 Å². The lowest BCUT2D eigenvalue weighted by atomic mass is 10.2. The zero-order chi connectivity index (χ0) is 11.3. The first kappa shape index (κ1) is 12.1. The van der Waals surface area contributed by atoms with Crippen LogP contribution in [0.5, 0.6) is 0 Å². The van der Waals surface area contributed by atoms with Gasteiger partial charge in [0.15, 0.2) is 0 Å². The first-order valence-electron chi connectivity index (χ1n) is 4.39. The number of alkyl halides is 1. The van der Waals surface area contributed by atoms with Crippen LogP contribution in [0.3, 0.4) is 0 Å². The molecule has 1 rings (SSSR count). The molecule has 0 fully saturated rings. The Labute approximate surface area is 98.3 Å². The third-order valence-electron chi connectivity index (χ3n) is 1.74. The summed E-state index contributed by atoms with van der Waals surface area (Å²) in [6, 6.07) is 5.18. The number of hydrogen-bond donors (Lipinski definition) is 1. The summed E-state index contributed by atoms with van der Waals surface area (Å²) in [5.74, 6) is 0.285. The number of halogens is 2. The lowest BCUT2D eigenvalue weighted by Crippen LogP contribution is -2.15. The molecule has 0 aromatic heterocycles. The molecule has 1 aromatic carbocycles. The van der Waals surface area contributed by atoms with Gasteiger partial charge in [0.1, 0.15) is 6.61 Å². The summed E-state index contributed by atoms with van der Waals surface area (Å²) in [6.07, 6.45) is -0.513. The third kappa shape index (κ3) is 3.98. The van der Waals surface area contributed by atoms with Crippen LogP contribution in [0.25, 0.3) is 0 Å². The van der Waals surface area contributed by atoms with Gasteiger partial charge in [-0.1, -0.05) is 11.6 Å². The molecule has 82 valence electrons. The van der Waals surface area contributed by atoms with Crippen molar-refractivity contribution in [3.05, 3.63) is 28.8 Å². The van der Waals surface area contributed by atoms with Crippen LogP contribution in [-0.2, 0) is 4.74 Å². The molecular formula is C10H11Cl2NO2. The summed E-state index contributed by atoms with van der Waals surface area (Å²) < 4.78 is 4.77. The minimum absolute atomic E-state index is 0.194. The maximum Gasteiger partial charge on any atom is 0.411 e. The second-order valence-corrected chi connectivity index (χ2v) is 3.72. The topological polar surface area (TPSA) is 38.3 Å². The second kappa shape index (κ2) is 5.83. The second-order valence-electron chi connectivity index (χ2n) is 2.91. The van der Waals surface area contributed by atoms with Crippen molar-refractivity contribution in [3.63, 3.8) is 0 Å². The maximum absolute atomic E-state index is 11.2. The minimum Gasteiger partial charge on any atom is -0.448 e. The summed E-state index contributed by atoms with van der Waals surface area (Å²) in [5.41, 5.74) is 1.56. The number of hydrogen-bond acceptors (Lipinski definition) is 2. The number of aryl methyl sites for hydroxylation is 1. The van der Waals surface area contributed by atoms with Crippen molar-refractivity contribution in [2.75, 3.05) is 17.8 Å². The van der Waals surface area contributed by atoms with Crippen molar-refractivity contribution in [1.82, 2.24) is 0 Å². The molecule has 0 spiro atoms. The average molecular weight is 248 g/mol. The van der Waals surface area contributed by atoms with Gasteiger partial charge in [0, 0.05) is 10.7 Å². The van der Waals surface area contributed by atoms with Gasteiger partial charge in [-0.15, -0.1) is 11.6 Å². The van der Waals surface area contributed by atoms with E-state index in [1.54, 1.807) is 18.2 Å². The van der Waals surface area contributed by atoms with Gasteiger partial charge >= 0.3 is 6.09 Å². The molecule has 0 unspecified atom stereocenters. The van der Waals surface area contributed by atoms with Gasteiger partial charge in [-0.05, 0) is 30.7 Å². The van der Waals surface area contributed by atoms with Gasteiger partial charge in [-0.2, -0.15) is 0 Å². The van der Waals surface area contributed by atoms with E-state index in [2.05, 4.69) is 5.32 Å². The van der Waals surface area contributed by atoms with Crippen LogP contribution in [0.4, 0.5) is 10.5 Å². The fourth-order valence-electron chi connectivity index (χ4n) is 1.04. The summed E-state index contributed by atoms with van der Waals surface area (Å²) in [4.78, 5) is 11.2. The van der Waals surface area contributed by atoms with E-state index in [1.165, 1.54) is 0 Å². The van der Waals surface area contributed by atoms with Crippen molar-refractivity contribution in [3.8, 4) is 0 Å². The fourth-order valence-corrected chi connectivity index (χ4v) is 1.35. The largest absolute Gasteiger partial charge is 0.448 e. The molecular weight excluding hydrogens is 237 g/mol. The molecule has 1 aromatic rings. The van der Waals surface area contributed by atoms with Crippen LogP contribution >= 0.6 is 23.2 Å². The Kier molecular flexibility index (Phi) is 4.72. The van der Waals surface area contributed by atoms with Crippen molar-refractivity contribution in [2.24, 2.45) is 0 Å². The molecule has 0 radical (unpaired) electrons. The number of anilines is 1. The van der Waals surface area contributed by atoms with E-state index < -0.39 is 6.09 Å². The number of amides is 1. The Morgan fingerprint density at radius 2 is 2.27 bits per heavy atom. The first-order chi connectivity index (χ1) is 7.13. The smallest absolute Gasteiger partial charge is 0.411 e. The summed E-state index contributed by atoms with van der Waals surface area (Å²) in [5, 5.41) is 3.23. The number of carbonyl (C=O) groups excluding carboxylic acids is 1. The molecule has 0 aliphatic heterocycles. The van der Waals surface area contributed by atoms with Crippen molar-refractivity contribution in [1.29, 1.82) is 0 Å². The van der Waals surface area contributed by atoms with E-state index in [0.29, 0.717) is 10.7 Å². The van der Waals surface area contributed by atoms with E-state index in [1.807, 2.05) is 6.92 Å². The molecule has 0 aliphatic rings. The SMILES string of the molecule is Cc1cc(Cl)ccc1NC(=O)OCCCl. The molecule has 5 heteroatoms. The van der Waals surface area contributed by atoms with E-state index in [4.69, 9.17) is 27.9 Å². The van der Waals surface area contributed by atoms with Crippen molar-refractivity contribution in [2.45, 2.75) is 6.92 Å². The van der Waals surface area contributed by atoms with Gasteiger partial charge in [-0.25, -0.2) is 4.79 Å². The Balaban J connectivity index is 2.60. The number of nitrogens with one attached hydrogen (secondary N) is 1. The lowest BCUT2D eigenvalue weighted by molar-refractivity contribution is 0.168. The number of ether oxygens (including phenoxy) is 1.